The summed E-state index contributed by atoms with van der Waals surface area (Å²) in [6.07, 6.45) is -0.417. The lowest BCUT2D eigenvalue weighted by molar-refractivity contribution is -0.126. The number of anilines is 2. The van der Waals surface area contributed by atoms with E-state index in [1.807, 2.05) is 18.2 Å². The summed E-state index contributed by atoms with van der Waals surface area (Å²) in [6, 6.07) is 22.1. The van der Waals surface area contributed by atoms with Crippen molar-refractivity contribution < 1.29 is 22.7 Å². The first-order chi connectivity index (χ1) is 15.8. The molecule has 0 saturated heterocycles. The summed E-state index contributed by atoms with van der Waals surface area (Å²) in [6.45, 7) is 1.83. The minimum atomic E-state index is -3.85. The molecule has 0 unspecified atom stereocenters. The number of carbonyl (C=O) groups excluding carboxylic acids is 2. The molecule has 1 atom stereocenters. The number of nitrogens with zero attached hydrogens (tertiary/aromatic N) is 2. The summed E-state index contributed by atoms with van der Waals surface area (Å²) in [4.78, 5) is 26.8. The molecule has 1 aliphatic heterocycles. The van der Waals surface area contributed by atoms with Crippen LogP contribution in [0.4, 0.5) is 11.4 Å². The Bertz CT molecular complexity index is 1290. The summed E-state index contributed by atoms with van der Waals surface area (Å²) >= 11 is 0. The van der Waals surface area contributed by atoms with Gasteiger partial charge in [-0.3, -0.25) is 9.10 Å². The van der Waals surface area contributed by atoms with Crippen LogP contribution in [-0.2, 0) is 26.0 Å². The van der Waals surface area contributed by atoms with Crippen LogP contribution in [0.3, 0.4) is 0 Å². The molecule has 170 valence electrons. The SMILES string of the molecule is C[C@@H](OC(=O)c1cccc(S(=O)(=O)N2CCc3ccccc32)c1)C(=O)N(C)c1ccccc1. The lowest BCUT2D eigenvalue weighted by Crippen LogP contribution is -2.37. The highest BCUT2D eigenvalue weighted by Crippen LogP contribution is 2.32. The normalized spacial score (nSPS) is 13.8. The Labute approximate surface area is 193 Å². The first-order valence-corrected chi connectivity index (χ1v) is 12.0. The van der Waals surface area contributed by atoms with Crippen molar-refractivity contribution in [3.8, 4) is 0 Å². The topological polar surface area (TPSA) is 84.0 Å². The zero-order valence-corrected chi connectivity index (χ0v) is 19.2. The second kappa shape index (κ2) is 9.07. The van der Waals surface area contributed by atoms with E-state index < -0.39 is 28.0 Å². The number of amides is 1. The number of para-hydroxylation sites is 2. The van der Waals surface area contributed by atoms with E-state index >= 15 is 0 Å². The molecule has 1 amide bonds. The Kier molecular flexibility index (Phi) is 6.20. The van der Waals surface area contributed by atoms with E-state index in [-0.39, 0.29) is 10.5 Å². The van der Waals surface area contributed by atoms with Gasteiger partial charge in [-0.05, 0) is 55.3 Å². The molecule has 0 aliphatic carbocycles. The number of esters is 1. The molecule has 1 heterocycles. The van der Waals surface area contributed by atoms with Gasteiger partial charge in [0.05, 0.1) is 16.1 Å². The van der Waals surface area contributed by atoms with Gasteiger partial charge in [-0.1, -0.05) is 42.5 Å². The van der Waals surface area contributed by atoms with Crippen molar-refractivity contribution in [2.24, 2.45) is 0 Å². The molecular weight excluding hydrogens is 440 g/mol. The quantitative estimate of drug-likeness (QED) is 0.520. The van der Waals surface area contributed by atoms with Crippen LogP contribution >= 0.6 is 0 Å². The van der Waals surface area contributed by atoms with Gasteiger partial charge >= 0.3 is 5.97 Å². The fraction of sp³-hybridized carbons (Fsp3) is 0.200. The van der Waals surface area contributed by atoms with E-state index in [1.165, 1.54) is 40.4 Å². The average molecular weight is 465 g/mol. The van der Waals surface area contributed by atoms with Gasteiger partial charge in [0, 0.05) is 19.3 Å². The van der Waals surface area contributed by atoms with Gasteiger partial charge < -0.3 is 9.64 Å². The minimum absolute atomic E-state index is 0.00552. The number of carbonyl (C=O) groups is 2. The Morgan fingerprint density at radius 1 is 0.970 bits per heavy atom. The molecule has 4 rings (SSSR count). The number of fused-ring (bicyclic) bond motifs is 1. The summed E-state index contributed by atoms with van der Waals surface area (Å²) < 4.78 is 33.2. The minimum Gasteiger partial charge on any atom is -0.449 e. The largest absolute Gasteiger partial charge is 0.449 e. The van der Waals surface area contributed by atoms with Crippen molar-refractivity contribution in [3.63, 3.8) is 0 Å². The van der Waals surface area contributed by atoms with Gasteiger partial charge in [-0.25, -0.2) is 13.2 Å². The molecule has 3 aromatic carbocycles. The fourth-order valence-electron chi connectivity index (χ4n) is 3.80. The number of hydrogen-bond acceptors (Lipinski definition) is 5. The Morgan fingerprint density at radius 2 is 1.67 bits per heavy atom. The van der Waals surface area contributed by atoms with Gasteiger partial charge in [0.15, 0.2) is 6.10 Å². The van der Waals surface area contributed by atoms with E-state index in [2.05, 4.69) is 0 Å². The third-order valence-electron chi connectivity index (χ3n) is 5.61. The highest BCUT2D eigenvalue weighted by molar-refractivity contribution is 7.92. The maximum absolute atomic E-state index is 13.3. The van der Waals surface area contributed by atoms with Crippen molar-refractivity contribution in [1.29, 1.82) is 0 Å². The monoisotopic (exact) mass is 464 g/mol. The van der Waals surface area contributed by atoms with E-state index in [9.17, 15) is 18.0 Å². The first-order valence-electron chi connectivity index (χ1n) is 10.5. The molecule has 0 aromatic heterocycles. The van der Waals surface area contributed by atoms with Gasteiger partial charge in [0.1, 0.15) is 0 Å². The van der Waals surface area contributed by atoms with Crippen molar-refractivity contribution in [3.05, 3.63) is 90.0 Å². The summed E-state index contributed by atoms with van der Waals surface area (Å²) in [5.74, 6) is -1.16. The van der Waals surface area contributed by atoms with Crippen molar-refractivity contribution in [1.82, 2.24) is 0 Å². The molecule has 0 saturated carbocycles. The van der Waals surface area contributed by atoms with Crippen molar-refractivity contribution in [2.45, 2.75) is 24.3 Å². The van der Waals surface area contributed by atoms with Crippen LogP contribution < -0.4 is 9.21 Å². The number of ether oxygens (including phenoxy) is 1. The Hall–Kier alpha value is -3.65. The van der Waals surface area contributed by atoms with Crippen LogP contribution in [0.5, 0.6) is 0 Å². The molecule has 7 nitrogen and oxygen atoms in total. The molecule has 3 aromatic rings. The molecule has 0 spiro atoms. The molecule has 0 N–H and O–H groups in total. The highest BCUT2D eigenvalue weighted by atomic mass is 32.2. The maximum Gasteiger partial charge on any atom is 0.338 e. The lowest BCUT2D eigenvalue weighted by atomic mass is 10.2. The van der Waals surface area contributed by atoms with Crippen LogP contribution in [0.2, 0.25) is 0 Å². The number of sulfonamides is 1. The molecule has 0 radical (unpaired) electrons. The number of benzene rings is 3. The van der Waals surface area contributed by atoms with E-state index in [0.717, 1.165) is 5.56 Å². The standard InChI is InChI=1S/C25H24N2O5S/c1-18(24(28)26(2)21-11-4-3-5-12-21)32-25(29)20-10-8-13-22(17-20)33(30,31)27-16-15-19-9-6-7-14-23(19)27/h3-14,17-18H,15-16H2,1-2H3/t18-/m1/s1. The predicted octanol–water partition coefficient (Wildman–Crippen LogP) is 3.65. The van der Waals surface area contributed by atoms with Crippen LogP contribution in [0.1, 0.15) is 22.8 Å². The van der Waals surface area contributed by atoms with Crippen LogP contribution in [-0.4, -0.2) is 40.0 Å². The molecule has 8 heteroatoms. The Morgan fingerprint density at radius 3 is 2.42 bits per heavy atom. The van der Waals surface area contributed by atoms with Gasteiger partial charge in [0.2, 0.25) is 0 Å². The maximum atomic E-state index is 13.3. The van der Waals surface area contributed by atoms with E-state index in [0.29, 0.717) is 24.3 Å². The Balaban J connectivity index is 1.51. The molecule has 0 bridgehead atoms. The van der Waals surface area contributed by atoms with Crippen LogP contribution in [0.25, 0.3) is 0 Å². The molecule has 0 fully saturated rings. The van der Waals surface area contributed by atoms with E-state index in [1.54, 1.807) is 43.4 Å². The number of hydrogen-bond donors (Lipinski definition) is 0. The zero-order valence-electron chi connectivity index (χ0n) is 18.3. The van der Waals surface area contributed by atoms with Gasteiger partial charge in [0.25, 0.3) is 15.9 Å². The second-order valence-corrected chi connectivity index (χ2v) is 9.63. The summed E-state index contributed by atoms with van der Waals surface area (Å²) in [5.41, 5.74) is 2.34. The van der Waals surface area contributed by atoms with Crippen molar-refractivity contribution in [2.75, 3.05) is 22.8 Å². The molecule has 33 heavy (non-hydrogen) atoms. The van der Waals surface area contributed by atoms with Gasteiger partial charge in [-0.15, -0.1) is 0 Å². The summed E-state index contributed by atoms with van der Waals surface area (Å²) in [7, 11) is -2.25. The molecular formula is C25H24N2O5S. The smallest absolute Gasteiger partial charge is 0.338 e. The third kappa shape index (κ3) is 4.47. The lowest BCUT2D eigenvalue weighted by Gasteiger charge is -2.22. The predicted molar refractivity (Wildman–Crippen MR) is 126 cm³/mol. The zero-order chi connectivity index (χ0) is 23.6. The van der Waals surface area contributed by atoms with E-state index in [4.69, 9.17) is 4.74 Å². The molecule has 1 aliphatic rings. The number of likely N-dealkylation sites (N-methyl/N-ethyl adjacent to an activating group) is 1. The fourth-order valence-corrected chi connectivity index (χ4v) is 5.35. The van der Waals surface area contributed by atoms with Crippen LogP contribution in [0.15, 0.2) is 83.8 Å². The van der Waals surface area contributed by atoms with Crippen molar-refractivity contribution >= 4 is 33.3 Å². The van der Waals surface area contributed by atoms with Gasteiger partial charge in [-0.2, -0.15) is 0 Å². The third-order valence-corrected chi connectivity index (χ3v) is 7.42. The van der Waals surface area contributed by atoms with Crippen LogP contribution in [0, 0.1) is 0 Å². The average Bonchev–Trinajstić information content (AvgIpc) is 3.29. The summed E-state index contributed by atoms with van der Waals surface area (Å²) in [5, 5.41) is 0. The highest BCUT2D eigenvalue weighted by Gasteiger charge is 2.31. The second-order valence-electron chi connectivity index (χ2n) is 7.76. The number of rotatable bonds is 6. The first kappa shape index (κ1) is 22.5.